The lowest BCUT2D eigenvalue weighted by molar-refractivity contribution is 0.0640. The lowest BCUT2D eigenvalue weighted by Gasteiger charge is -2.30. The van der Waals surface area contributed by atoms with E-state index in [4.69, 9.17) is 0 Å². The molecule has 0 amide bonds. The fraction of sp³-hybridized carbons (Fsp3) is 0.786. The fourth-order valence-corrected chi connectivity index (χ4v) is 3.00. The van der Waals surface area contributed by atoms with Crippen LogP contribution in [0.2, 0.25) is 0 Å². The molecule has 3 heteroatoms. The number of nitrogens with zero attached hydrogens (tertiary/aromatic N) is 2. The summed E-state index contributed by atoms with van der Waals surface area (Å²) in [6.45, 7) is 5.34. The molecule has 0 aromatic carbocycles. The third-order valence-corrected chi connectivity index (χ3v) is 3.91. The first-order chi connectivity index (χ1) is 8.22. The van der Waals surface area contributed by atoms with E-state index in [9.17, 15) is 5.11 Å². The number of aromatic nitrogens is 2. The highest BCUT2D eigenvalue weighted by Gasteiger charge is 2.28. The van der Waals surface area contributed by atoms with Crippen LogP contribution in [0.25, 0.3) is 0 Å². The lowest BCUT2D eigenvalue weighted by atomic mass is 9.79. The van der Waals surface area contributed by atoms with Crippen LogP contribution in [0.3, 0.4) is 0 Å². The number of aliphatic hydroxyl groups excluding tert-OH is 1. The van der Waals surface area contributed by atoms with Gasteiger partial charge in [0.05, 0.1) is 11.8 Å². The van der Waals surface area contributed by atoms with E-state index >= 15 is 0 Å². The molecule has 1 aromatic heterocycles. The van der Waals surface area contributed by atoms with E-state index in [1.807, 2.05) is 10.7 Å². The van der Waals surface area contributed by atoms with E-state index in [1.165, 1.54) is 12.8 Å². The molecule has 1 N–H and O–H groups in total. The zero-order valence-electron chi connectivity index (χ0n) is 11.0. The van der Waals surface area contributed by atoms with Crippen LogP contribution in [-0.4, -0.2) is 14.9 Å². The van der Waals surface area contributed by atoms with Crippen molar-refractivity contribution in [2.24, 2.45) is 11.8 Å². The molecule has 1 heterocycles. The Balaban J connectivity index is 2.07. The molecule has 17 heavy (non-hydrogen) atoms. The molecule has 0 spiro atoms. The molecule has 0 saturated heterocycles. The zero-order valence-corrected chi connectivity index (χ0v) is 11.0. The SMILES string of the molecule is CCCn1nccc1C(O)C1CCCC(C)C1. The molecule has 1 aliphatic rings. The molecule has 3 nitrogen and oxygen atoms in total. The van der Waals surface area contributed by atoms with Crippen LogP contribution < -0.4 is 0 Å². The second kappa shape index (κ2) is 5.67. The Hall–Kier alpha value is -0.830. The Morgan fingerprint density at radius 3 is 3.06 bits per heavy atom. The van der Waals surface area contributed by atoms with Gasteiger partial charge in [0.1, 0.15) is 0 Å². The monoisotopic (exact) mass is 236 g/mol. The van der Waals surface area contributed by atoms with Crippen LogP contribution in [0.1, 0.15) is 57.7 Å². The number of hydrogen-bond donors (Lipinski definition) is 1. The van der Waals surface area contributed by atoms with Gasteiger partial charge in [-0.15, -0.1) is 0 Å². The van der Waals surface area contributed by atoms with Gasteiger partial charge < -0.3 is 5.11 Å². The summed E-state index contributed by atoms with van der Waals surface area (Å²) in [5, 5.41) is 14.8. The minimum absolute atomic E-state index is 0.327. The minimum Gasteiger partial charge on any atom is -0.387 e. The van der Waals surface area contributed by atoms with Gasteiger partial charge in [-0.1, -0.05) is 26.7 Å². The number of aliphatic hydroxyl groups is 1. The summed E-state index contributed by atoms with van der Waals surface area (Å²) in [6.07, 6.45) is 7.42. The second-order valence-electron chi connectivity index (χ2n) is 5.46. The van der Waals surface area contributed by atoms with Crippen LogP contribution in [0.5, 0.6) is 0 Å². The Morgan fingerprint density at radius 1 is 1.53 bits per heavy atom. The van der Waals surface area contributed by atoms with Gasteiger partial charge in [-0.05, 0) is 37.2 Å². The molecule has 1 aliphatic carbocycles. The number of aryl methyl sites for hydroxylation is 1. The molecule has 0 bridgehead atoms. The summed E-state index contributed by atoms with van der Waals surface area (Å²) in [4.78, 5) is 0. The summed E-state index contributed by atoms with van der Waals surface area (Å²) in [5.41, 5.74) is 1.01. The van der Waals surface area contributed by atoms with Crippen molar-refractivity contribution in [2.75, 3.05) is 0 Å². The van der Waals surface area contributed by atoms with Crippen molar-refractivity contribution in [3.05, 3.63) is 18.0 Å². The van der Waals surface area contributed by atoms with Crippen molar-refractivity contribution in [3.8, 4) is 0 Å². The van der Waals surface area contributed by atoms with Crippen molar-refractivity contribution >= 4 is 0 Å². The molecule has 1 saturated carbocycles. The van der Waals surface area contributed by atoms with Gasteiger partial charge in [0, 0.05) is 12.7 Å². The van der Waals surface area contributed by atoms with Crippen molar-refractivity contribution in [1.29, 1.82) is 0 Å². The Kier molecular flexibility index (Phi) is 4.21. The average molecular weight is 236 g/mol. The minimum atomic E-state index is -0.327. The maximum atomic E-state index is 10.5. The predicted molar refractivity (Wildman–Crippen MR) is 68.6 cm³/mol. The fourth-order valence-electron chi connectivity index (χ4n) is 3.00. The standard InChI is InChI=1S/C14H24N2O/c1-3-9-16-13(7-8-15-16)14(17)12-6-4-5-11(2)10-12/h7-8,11-12,14,17H,3-6,9-10H2,1-2H3. The summed E-state index contributed by atoms with van der Waals surface area (Å²) in [5.74, 6) is 1.18. The maximum absolute atomic E-state index is 10.5. The number of hydrogen-bond acceptors (Lipinski definition) is 2. The van der Waals surface area contributed by atoms with E-state index in [0.717, 1.165) is 37.4 Å². The Morgan fingerprint density at radius 2 is 2.35 bits per heavy atom. The summed E-state index contributed by atoms with van der Waals surface area (Å²) in [6, 6.07) is 1.97. The van der Waals surface area contributed by atoms with Crippen molar-refractivity contribution in [2.45, 2.75) is 58.6 Å². The first-order valence-corrected chi connectivity index (χ1v) is 6.92. The number of rotatable bonds is 4. The lowest BCUT2D eigenvalue weighted by Crippen LogP contribution is -2.22. The van der Waals surface area contributed by atoms with Crippen molar-refractivity contribution in [3.63, 3.8) is 0 Å². The van der Waals surface area contributed by atoms with Gasteiger partial charge in [0.15, 0.2) is 0 Å². The highest BCUT2D eigenvalue weighted by Crippen LogP contribution is 2.36. The first-order valence-electron chi connectivity index (χ1n) is 6.92. The van der Waals surface area contributed by atoms with Gasteiger partial charge in [0.2, 0.25) is 0 Å². The van der Waals surface area contributed by atoms with Crippen LogP contribution in [-0.2, 0) is 6.54 Å². The molecular formula is C14H24N2O. The molecule has 1 fully saturated rings. The Bertz CT molecular complexity index is 348. The summed E-state index contributed by atoms with van der Waals surface area (Å²) >= 11 is 0. The summed E-state index contributed by atoms with van der Waals surface area (Å²) < 4.78 is 1.96. The molecule has 2 rings (SSSR count). The summed E-state index contributed by atoms with van der Waals surface area (Å²) in [7, 11) is 0. The van der Waals surface area contributed by atoms with E-state index in [2.05, 4.69) is 18.9 Å². The topological polar surface area (TPSA) is 38.0 Å². The van der Waals surface area contributed by atoms with E-state index < -0.39 is 0 Å². The van der Waals surface area contributed by atoms with E-state index in [1.54, 1.807) is 6.20 Å². The van der Waals surface area contributed by atoms with Crippen LogP contribution in [0.15, 0.2) is 12.3 Å². The highest BCUT2D eigenvalue weighted by atomic mass is 16.3. The maximum Gasteiger partial charge on any atom is 0.0984 e. The van der Waals surface area contributed by atoms with Crippen molar-refractivity contribution < 1.29 is 5.11 Å². The molecule has 96 valence electrons. The normalized spacial score (nSPS) is 27.0. The highest BCUT2D eigenvalue weighted by molar-refractivity contribution is 5.06. The quantitative estimate of drug-likeness (QED) is 0.872. The average Bonchev–Trinajstić information content (AvgIpc) is 2.77. The largest absolute Gasteiger partial charge is 0.387 e. The molecule has 1 aromatic rings. The van der Waals surface area contributed by atoms with E-state index in [0.29, 0.717) is 5.92 Å². The van der Waals surface area contributed by atoms with Crippen molar-refractivity contribution in [1.82, 2.24) is 9.78 Å². The molecular weight excluding hydrogens is 212 g/mol. The molecule has 0 aliphatic heterocycles. The Labute approximate surface area is 104 Å². The first kappa shape index (κ1) is 12.6. The molecule has 3 atom stereocenters. The second-order valence-corrected chi connectivity index (χ2v) is 5.46. The van der Waals surface area contributed by atoms with Gasteiger partial charge in [0.25, 0.3) is 0 Å². The molecule has 0 radical (unpaired) electrons. The third-order valence-electron chi connectivity index (χ3n) is 3.91. The molecule has 3 unspecified atom stereocenters. The van der Waals surface area contributed by atoms with E-state index in [-0.39, 0.29) is 6.10 Å². The van der Waals surface area contributed by atoms with Gasteiger partial charge >= 0.3 is 0 Å². The van der Waals surface area contributed by atoms with Crippen LogP contribution in [0.4, 0.5) is 0 Å². The predicted octanol–water partition coefficient (Wildman–Crippen LogP) is 3.15. The van der Waals surface area contributed by atoms with Gasteiger partial charge in [-0.2, -0.15) is 5.10 Å². The van der Waals surface area contributed by atoms with Gasteiger partial charge in [-0.3, -0.25) is 4.68 Å². The zero-order chi connectivity index (χ0) is 12.3. The van der Waals surface area contributed by atoms with Gasteiger partial charge in [-0.25, -0.2) is 0 Å². The van der Waals surface area contributed by atoms with Crippen LogP contribution >= 0.6 is 0 Å². The smallest absolute Gasteiger partial charge is 0.0984 e. The third kappa shape index (κ3) is 2.89. The van der Waals surface area contributed by atoms with Crippen LogP contribution in [0, 0.1) is 11.8 Å².